The van der Waals surface area contributed by atoms with Crippen LogP contribution in [-0.2, 0) is 23.9 Å². The molecule has 3 amide bonds. The standard InChI is InChI=1S/C16H15N3O6/c1-8(20)19-13-11(12(17-19)16(23)25-3)14(21)18(15(13)22)9-4-6-10(24-2)7-5-9/h4-7,11,13H,1-3H3/t11-,13-/m0/s1. The molecule has 3 rings (SSSR count). The number of nitrogens with zero attached hydrogens (tertiary/aromatic N) is 3. The van der Waals surface area contributed by atoms with Crippen LogP contribution in [-0.4, -0.2) is 54.7 Å². The highest BCUT2D eigenvalue weighted by molar-refractivity contribution is 6.47. The quantitative estimate of drug-likeness (QED) is 0.561. The van der Waals surface area contributed by atoms with Gasteiger partial charge in [0.2, 0.25) is 11.8 Å². The number of esters is 1. The van der Waals surface area contributed by atoms with Gasteiger partial charge in [-0.1, -0.05) is 0 Å². The number of anilines is 1. The van der Waals surface area contributed by atoms with Crippen molar-refractivity contribution in [3.8, 4) is 5.75 Å². The van der Waals surface area contributed by atoms with Crippen LogP contribution in [0.1, 0.15) is 6.92 Å². The van der Waals surface area contributed by atoms with Crippen molar-refractivity contribution in [1.29, 1.82) is 0 Å². The molecule has 1 aromatic carbocycles. The minimum atomic E-state index is -1.18. The molecule has 0 unspecified atom stereocenters. The predicted octanol–water partition coefficient (Wildman–Crippen LogP) is -0.0557. The van der Waals surface area contributed by atoms with Gasteiger partial charge in [0.15, 0.2) is 11.8 Å². The Morgan fingerprint density at radius 1 is 1.08 bits per heavy atom. The summed E-state index contributed by atoms with van der Waals surface area (Å²) in [4.78, 5) is 50.2. The van der Waals surface area contributed by atoms with Gasteiger partial charge in [-0.15, -0.1) is 0 Å². The topological polar surface area (TPSA) is 106 Å². The molecule has 0 radical (unpaired) electrons. The zero-order valence-corrected chi connectivity index (χ0v) is 13.8. The molecule has 1 saturated heterocycles. The van der Waals surface area contributed by atoms with Crippen molar-refractivity contribution in [2.75, 3.05) is 19.1 Å². The maximum absolute atomic E-state index is 12.8. The number of benzene rings is 1. The van der Waals surface area contributed by atoms with E-state index in [0.29, 0.717) is 11.4 Å². The van der Waals surface area contributed by atoms with E-state index in [9.17, 15) is 19.2 Å². The average molecular weight is 345 g/mol. The van der Waals surface area contributed by atoms with Crippen molar-refractivity contribution >= 4 is 35.1 Å². The van der Waals surface area contributed by atoms with Gasteiger partial charge in [0, 0.05) is 6.92 Å². The Hall–Kier alpha value is -3.23. The second-order valence-corrected chi connectivity index (χ2v) is 5.47. The normalized spacial score (nSPS) is 22.0. The van der Waals surface area contributed by atoms with Crippen LogP contribution in [0.25, 0.3) is 0 Å². The molecule has 0 bridgehead atoms. The highest BCUT2D eigenvalue weighted by Crippen LogP contribution is 2.35. The van der Waals surface area contributed by atoms with Gasteiger partial charge >= 0.3 is 5.97 Å². The maximum Gasteiger partial charge on any atom is 0.355 e. The zero-order valence-electron chi connectivity index (χ0n) is 13.8. The molecule has 2 aliphatic heterocycles. The van der Waals surface area contributed by atoms with Crippen LogP contribution in [0, 0.1) is 5.92 Å². The Labute approximate surface area is 142 Å². The second-order valence-electron chi connectivity index (χ2n) is 5.47. The number of imide groups is 1. The van der Waals surface area contributed by atoms with E-state index >= 15 is 0 Å². The van der Waals surface area contributed by atoms with Gasteiger partial charge in [0.05, 0.1) is 19.9 Å². The minimum absolute atomic E-state index is 0.253. The minimum Gasteiger partial charge on any atom is -0.497 e. The Bertz CT molecular complexity index is 801. The summed E-state index contributed by atoms with van der Waals surface area (Å²) in [5, 5.41) is 4.70. The highest BCUT2D eigenvalue weighted by atomic mass is 16.5. The predicted molar refractivity (Wildman–Crippen MR) is 84.7 cm³/mol. The lowest BCUT2D eigenvalue weighted by atomic mass is 9.98. The number of amides is 3. The second kappa shape index (κ2) is 6.00. The van der Waals surface area contributed by atoms with E-state index in [-0.39, 0.29) is 5.71 Å². The Morgan fingerprint density at radius 2 is 1.72 bits per heavy atom. The number of hydrazone groups is 1. The first-order valence-corrected chi connectivity index (χ1v) is 7.39. The summed E-state index contributed by atoms with van der Waals surface area (Å²) in [7, 11) is 2.63. The third-order valence-electron chi connectivity index (χ3n) is 4.10. The number of rotatable bonds is 3. The van der Waals surface area contributed by atoms with Crippen LogP contribution < -0.4 is 9.64 Å². The van der Waals surface area contributed by atoms with Gasteiger partial charge in [-0.05, 0) is 24.3 Å². The number of ether oxygens (including phenoxy) is 2. The third kappa shape index (κ3) is 2.44. The first-order chi connectivity index (χ1) is 11.9. The highest BCUT2D eigenvalue weighted by Gasteiger charge is 2.59. The molecule has 9 nitrogen and oxygen atoms in total. The molecule has 0 aliphatic carbocycles. The monoisotopic (exact) mass is 345 g/mol. The van der Waals surface area contributed by atoms with Crippen LogP contribution >= 0.6 is 0 Å². The van der Waals surface area contributed by atoms with E-state index < -0.39 is 35.7 Å². The van der Waals surface area contributed by atoms with Crippen molar-refractivity contribution < 1.29 is 28.7 Å². The van der Waals surface area contributed by atoms with Gasteiger partial charge in [0.1, 0.15) is 11.7 Å². The summed E-state index contributed by atoms with van der Waals surface area (Å²) >= 11 is 0. The van der Waals surface area contributed by atoms with Gasteiger partial charge in [-0.25, -0.2) is 14.7 Å². The number of methoxy groups -OCH3 is 2. The Balaban J connectivity index is 2.02. The van der Waals surface area contributed by atoms with Gasteiger partial charge in [-0.2, -0.15) is 5.10 Å². The van der Waals surface area contributed by atoms with Gasteiger partial charge in [-0.3, -0.25) is 14.4 Å². The van der Waals surface area contributed by atoms with Crippen molar-refractivity contribution in [3.05, 3.63) is 24.3 Å². The third-order valence-corrected chi connectivity index (χ3v) is 4.10. The SMILES string of the molecule is COC(=O)C1=NN(C(C)=O)[C@@H]2C(=O)N(c3ccc(OC)cc3)C(=O)[C@@H]12. The van der Waals surface area contributed by atoms with E-state index in [2.05, 4.69) is 9.84 Å². The first kappa shape index (κ1) is 16.6. The molecule has 1 aromatic rings. The van der Waals surface area contributed by atoms with E-state index in [1.54, 1.807) is 24.3 Å². The van der Waals surface area contributed by atoms with Gasteiger partial charge < -0.3 is 9.47 Å². The molecule has 9 heteroatoms. The van der Waals surface area contributed by atoms with Crippen LogP contribution in [0.5, 0.6) is 5.75 Å². The summed E-state index contributed by atoms with van der Waals surface area (Å²) < 4.78 is 9.67. The summed E-state index contributed by atoms with van der Waals surface area (Å²) in [5.41, 5.74) is 0.0648. The summed E-state index contributed by atoms with van der Waals surface area (Å²) in [6.07, 6.45) is 0. The van der Waals surface area contributed by atoms with Gasteiger partial charge in [0.25, 0.3) is 5.91 Å². The fourth-order valence-electron chi connectivity index (χ4n) is 2.93. The summed E-state index contributed by atoms with van der Waals surface area (Å²) in [5.74, 6) is -3.27. The van der Waals surface area contributed by atoms with E-state index in [4.69, 9.17) is 4.74 Å². The number of carbonyl (C=O) groups excluding carboxylic acids is 4. The number of hydrogen-bond donors (Lipinski definition) is 0. The Morgan fingerprint density at radius 3 is 2.24 bits per heavy atom. The number of fused-ring (bicyclic) bond motifs is 1. The molecule has 1 fully saturated rings. The lowest BCUT2D eigenvalue weighted by Gasteiger charge is -2.19. The average Bonchev–Trinajstić information content (AvgIpc) is 3.12. The number of hydrogen-bond acceptors (Lipinski definition) is 7. The molecule has 0 N–H and O–H groups in total. The summed E-state index contributed by atoms with van der Waals surface area (Å²) in [6.45, 7) is 1.20. The van der Waals surface area contributed by atoms with E-state index in [1.807, 2.05) is 0 Å². The maximum atomic E-state index is 12.8. The molecular weight excluding hydrogens is 330 g/mol. The molecule has 0 spiro atoms. The molecular formula is C16H15N3O6. The van der Waals surface area contributed by atoms with Crippen LogP contribution in [0.3, 0.4) is 0 Å². The molecule has 25 heavy (non-hydrogen) atoms. The molecule has 2 heterocycles. The van der Waals surface area contributed by atoms with E-state index in [0.717, 1.165) is 17.0 Å². The largest absolute Gasteiger partial charge is 0.497 e. The number of carbonyl (C=O) groups is 4. The van der Waals surface area contributed by atoms with Crippen LogP contribution in [0.15, 0.2) is 29.4 Å². The molecule has 130 valence electrons. The van der Waals surface area contributed by atoms with Crippen molar-refractivity contribution in [3.63, 3.8) is 0 Å². The lowest BCUT2D eigenvalue weighted by Crippen LogP contribution is -2.41. The molecule has 2 aliphatic rings. The Kier molecular flexibility index (Phi) is 3.99. The fraction of sp³-hybridized carbons (Fsp3) is 0.312. The first-order valence-electron chi connectivity index (χ1n) is 7.39. The lowest BCUT2D eigenvalue weighted by molar-refractivity contribution is -0.136. The van der Waals surface area contributed by atoms with E-state index in [1.165, 1.54) is 14.0 Å². The molecule has 0 saturated carbocycles. The fourth-order valence-corrected chi connectivity index (χ4v) is 2.93. The summed E-state index contributed by atoms with van der Waals surface area (Å²) in [6, 6.07) is 5.11. The van der Waals surface area contributed by atoms with Crippen molar-refractivity contribution in [2.24, 2.45) is 11.0 Å². The molecule has 2 atom stereocenters. The van der Waals surface area contributed by atoms with Crippen molar-refractivity contribution in [2.45, 2.75) is 13.0 Å². The van der Waals surface area contributed by atoms with Crippen LogP contribution in [0.2, 0.25) is 0 Å². The van der Waals surface area contributed by atoms with Crippen LogP contribution in [0.4, 0.5) is 5.69 Å². The molecule has 0 aromatic heterocycles. The smallest absolute Gasteiger partial charge is 0.355 e. The van der Waals surface area contributed by atoms with Crippen molar-refractivity contribution in [1.82, 2.24) is 5.01 Å². The zero-order chi connectivity index (χ0) is 18.3.